The Morgan fingerprint density at radius 2 is 2.15 bits per heavy atom. The molecule has 1 fully saturated rings. The number of ether oxygens (including phenoxy) is 2. The van der Waals surface area contributed by atoms with E-state index in [9.17, 15) is 4.79 Å². The number of likely N-dealkylation sites (tertiary alicyclic amines) is 1. The quantitative estimate of drug-likeness (QED) is 0.785. The molecule has 0 aromatic heterocycles. The van der Waals surface area contributed by atoms with Crippen molar-refractivity contribution in [3.63, 3.8) is 0 Å². The Morgan fingerprint density at radius 1 is 1.40 bits per heavy atom. The van der Waals surface area contributed by atoms with Crippen LogP contribution >= 0.6 is 11.6 Å². The van der Waals surface area contributed by atoms with Crippen LogP contribution in [-0.2, 0) is 4.79 Å². The van der Waals surface area contributed by atoms with Gasteiger partial charge in [-0.2, -0.15) is 0 Å². The molecule has 1 aliphatic rings. The van der Waals surface area contributed by atoms with Gasteiger partial charge in [0.2, 0.25) is 5.91 Å². The molecule has 4 nitrogen and oxygen atoms in total. The molecule has 110 valence electrons. The number of nitrogens with zero attached hydrogens (tertiary/aromatic N) is 1. The van der Waals surface area contributed by atoms with Crippen molar-refractivity contribution >= 4 is 17.5 Å². The summed E-state index contributed by atoms with van der Waals surface area (Å²) in [5.74, 6) is 2.43. The number of rotatable bonds is 5. The van der Waals surface area contributed by atoms with Crippen LogP contribution in [0.5, 0.6) is 11.5 Å². The van der Waals surface area contributed by atoms with Gasteiger partial charge >= 0.3 is 0 Å². The normalized spacial score (nSPS) is 20.1. The maximum atomic E-state index is 12.1. The average Bonchev–Trinajstić information content (AvgIpc) is 2.86. The number of carbonyl (C=O) groups excluding carboxylic acids is 1. The molecular weight excluding hydrogens is 278 g/mol. The molecule has 1 heterocycles. The standard InChI is InChI=1S/C15H20ClNO3/c1-10(17-9-11(8-16)6-15(17)18)13-7-12(19-2)4-5-14(13)20-3/h4-5,7,10-11H,6,8-9H2,1-3H3. The Hall–Kier alpha value is -1.42. The van der Waals surface area contributed by atoms with E-state index in [1.54, 1.807) is 14.2 Å². The molecule has 1 amide bonds. The second-order valence-electron chi connectivity index (χ2n) is 5.05. The van der Waals surface area contributed by atoms with E-state index in [0.717, 1.165) is 17.1 Å². The number of benzene rings is 1. The van der Waals surface area contributed by atoms with Crippen molar-refractivity contribution in [1.29, 1.82) is 0 Å². The van der Waals surface area contributed by atoms with E-state index in [0.29, 0.717) is 18.8 Å². The van der Waals surface area contributed by atoms with Crippen molar-refractivity contribution in [2.45, 2.75) is 19.4 Å². The molecule has 1 saturated heterocycles. The summed E-state index contributed by atoms with van der Waals surface area (Å²) in [5.41, 5.74) is 0.954. The van der Waals surface area contributed by atoms with E-state index in [4.69, 9.17) is 21.1 Å². The summed E-state index contributed by atoms with van der Waals surface area (Å²) in [6.07, 6.45) is 0.528. The second-order valence-corrected chi connectivity index (χ2v) is 5.36. The first-order chi connectivity index (χ1) is 9.60. The van der Waals surface area contributed by atoms with Crippen molar-refractivity contribution in [1.82, 2.24) is 4.90 Å². The van der Waals surface area contributed by atoms with Crippen LogP contribution in [0.2, 0.25) is 0 Å². The minimum atomic E-state index is -0.0548. The second kappa shape index (κ2) is 6.35. The molecular formula is C15H20ClNO3. The van der Waals surface area contributed by atoms with Crippen LogP contribution in [0.3, 0.4) is 0 Å². The van der Waals surface area contributed by atoms with Gasteiger partial charge in [-0.15, -0.1) is 11.6 Å². The molecule has 0 N–H and O–H groups in total. The smallest absolute Gasteiger partial charge is 0.223 e. The first kappa shape index (κ1) is 15.0. The van der Waals surface area contributed by atoms with Crippen LogP contribution < -0.4 is 9.47 Å². The number of methoxy groups -OCH3 is 2. The van der Waals surface area contributed by atoms with E-state index in [1.165, 1.54) is 0 Å². The fourth-order valence-electron chi connectivity index (χ4n) is 2.62. The zero-order valence-electron chi connectivity index (χ0n) is 12.1. The van der Waals surface area contributed by atoms with Gasteiger partial charge in [0, 0.05) is 24.4 Å². The molecule has 1 aromatic carbocycles. The number of halogens is 1. The van der Waals surface area contributed by atoms with Gasteiger partial charge in [-0.05, 0) is 31.0 Å². The third kappa shape index (κ3) is 2.85. The van der Waals surface area contributed by atoms with E-state index in [-0.39, 0.29) is 17.9 Å². The van der Waals surface area contributed by atoms with Gasteiger partial charge in [-0.1, -0.05) is 0 Å². The van der Waals surface area contributed by atoms with Crippen LogP contribution in [0.25, 0.3) is 0 Å². The fraction of sp³-hybridized carbons (Fsp3) is 0.533. The van der Waals surface area contributed by atoms with E-state index in [1.807, 2.05) is 30.0 Å². The van der Waals surface area contributed by atoms with Gasteiger partial charge < -0.3 is 14.4 Å². The summed E-state index contributed by atoms with van der Waals surface area (Å²) < 4.78 is 10.7. The highest BCUT2D eigenvalue weighted by molar-refractivity contribution is 6.18. The maximum absolute atomic E-state index is 12.1. The monoisotopic (exact) mass is 297 g/mol. The van der Waals surface area contributed by atoms with Crippen LogP contribution in [0.4, 0.5) is 0 Å². The van der Waals surface area contributed by atoms with Gasteiger partial charge in [0.05, 0.1) is 20.3 Å². The average molecular weight is 298 g/mol. The van der Waals surface area contributed by atoms with Crippen LogP contribution in [0.15, 0.2) is 18.2 Å². The highest BCUT2D eigenvalue weighted by Gasteiger charge is 2.33. The van der Waals surface area contributed by atoms with Crippen molar-refractivity contribution in [3.8, 4) is 11.5 Å². The van der Waals surface area contributed by atoms with Crippen molar-refractivity contribution < 1.29 is 14.3 Å². The fourth-order valence-corrected chi connectivity index (χ4v) is 2.83. The maximum Gasteiger partial charge on any atom is 0.223 e. The Labute approximate surface area is 124 Å². The number of hydrogen-bond donors (Lipinski definition) is 0. The summed E-state index contributed by atoms with van der Waals surface area (Å²) in [5, 5.41) is 0. The van der Waals surface area contributed by atoms with Crippen LogP contribution in [0.1, 0.15) is 24.9 Å². The molecule has 1 aromatic rings. The molecule has 2 rings (SSSR count). The predicted octanol–water partition coefficient (Wildman–Crippen LogP) is 2.85. The zero-order chi connectivity index (χ0) is 14.7. The van der Waals surface area contributed by atoms with Gasteiger partial charge in [-0.25, -0.2) is 0 Å². The van der Waals surface area contributed by atoms with Crippen molar-refractivity contribution in [2.75, 3.05) is 26.6 Å². The van der Waals surface area contributed by atoms with Crippen LogP contribution in [-0.4, -0.2) is 37.5 Å². The van der Waals surface area contributed by atoms with Crippen LogP contribution in [0, 0.1) is 5.92 Å². The molecule has 1 aliphatic heterocycles. The highest BCUT2D eigenvalue weighted by atomic mass is 35.5. The Balaban J connectivity index is 2.28. The molecule has 0 saturated carbocycles. The number of hydrogen-bond acceptors (Lipinski definition) is 3. The molecule has 0 spiro atoms. The third-order valence-corrected chi connectivity index (χ3v) is 4.25. The highest BCUT2D eigenvalue weighted by Crippen LogP contribution is 2.35. The number of alkyl halides is 1. The van der Waals surface area contributed by atoms with E-state index >= 15 is 0 Å². The van der Waals surface area contributed by atoms with Gasteiger partial charge in [-0.3, -0.25) is 4.79 Å². The minimum absolute atomic E-state index is 0.0548. The van der Waals surface area contributed by atoms with Crippen molar-refractivity contribution in [3.05, 3.63) is 23.8 Å². The van der Waals surface area contributed by atoms with Crippen molar-refractivity contribution in [2.24, 2.45) is 5.92 Å². The molecule has 0 aliphatic carbocycles. The van der Waals surface area contributed by atoms with E-state index < -0.39 is 0 Å². The van der Waals surface area contributed by atoms with Gasteiger partial charge in [0.15, 0.2) is 0 Å². The minimum Gasteiger partial charge on any atom is -0.497 e. The lowest BCUT2D eigenvalue weighted by Gasteiger charge is -2.26. The lowest BCUT2D eigenvalue weighted by molar-refractivity contribution is -0.129. The molecule has 20 heavy (non-hydrogen) atoms. The lowest BCUT2D eigenvalue weighted by Crippen LogP contribution is -2.29. The SMILES string of the molecule is COc1ccc(OC)c(C(C)N2CC(CCl)CC2=O)c1. The Kier molecular flexibility index (Phi) is 4.76. The third-order valence-electron chi connectivity index (χ3n) is 3.81. The first-order valence-electron chi connectivity index (χ1n) is 6.68. The summed E-state index contributed by atoms with van der Waals surface area (Å²) in [6.45, 7) is 2.70. The predicted molar refractivity (Wildman–Crippen MR) is 78.5 cm³/mol. The largest absolute Gasteiger partial charge is 0.497 e. The topological polar surface area (TPSA) is 38.8 Å². The van der Waals surface area contributed by atoms with Gasteiger partial charge in [0.25, 0.3) is 0 Å². The molecule has 0 bridgehead atoms. The Morgan fingerprint density at radius 3 is 2.70 bits per heavy atom. The first-order valence-corrected chi connectivity index (χ1v) is 7.21. The summed E-state index contributed by atoms with van der Waals surface area (Å²) in [6, 6.07) is 5.58. The Bertz CT molecular complexity index is 492. The molecule has 5 heteroatoms. The summed E-state index contributed by atoms with van der Waals surface area (Å²) in [7, 11) is 3.26. The summed E-state index contributed by atoms with van der Waals surface area (Å²) in [4.78, 5) is 14.0. The number of carbonyl (C=O) groups is 1. The van der Waals surface area contributed by atoms with Gasteiger partial charge in [0.1, 0.15) is 11.5 Å². The zero-order valence-corrected chi connectivity index (χ0v) is 12.8. The molecule has 2 unspecified atom stereocenters. The summed E-state index contributed by atoms with van der Waals surface area (Å²) >= 11 is 5.87. The lowest BCUT2D eigenvalue weighted by atomic mass is 10.1. The van der Waals surface area contributed by atoms with E-state index in [2.05, 4.69) is 0 Å². The number of amides is 1. The molecule has 0 radical (unpaired) electrons. The molecule has 2 atom stereocenters.